The van der Waals surface area contributed by atoms with Gasteiger partial charge in [-0.1, -0.05) is 0 Å². The van der Waals surface area contributed by atoms with Gasteiger partial charge >= 0.3 is 12.0 Å². The summed E-state index contributed by atoms with van der Waals surface area (Å²) >= 11 is 0. The van der Waals surface area contributed by atoms with E-state index < -0.39 is 23.9 Å². The van der Waals surface area contributed by atoms with Crippen molar-refractivity contribution in [1.82, 2.24) is 10.6 Å². The number of carboxylic acid groups (broad SMARTS) is 1. The van der Waals surface area contributed by atoms with Crippen LogP contribution in [0.4, 0.5) is 4.79 Å². The molecule has 9 nitrogen and oxygen atoms in total. The van der Waals surface area contributed by atoms with Crippen LogP contribution in [0.2, 0.25) is 0 Å². The Morgan fingerprint density at radius 2 is 1.94 bits per heavy atom. The van der Waals surface area contributed by atoms with Gasteiger partial charge in [-0.25, -0.2) is 9.59 Å². The van der Waals surface area contributed by atoms with Crippen molar-refractivity contribution in [3.63, 3.8) is 0 Å². The van der Waals surface area contributed by atoms with E-state index in [1.165, 1.54) is 6.08 Å². The summed E-state index contributed by atoms with van der Waals surface area (Å²) in [6, 6.07) is 0.165. The summed E-state index contributed by atoms with van der Waals surface area (Å²) in [5.74, 6) is -0.238. The van der Waals surface area contributed by atoms with Crippen molar-refractivity contribution in [2.45, 2.75) is 53.5 Å². The van der Waals surface area contributed by atoms with Crippen LogP contribution in [-0.2, 0) is 9.59 Å². The molecule has 0 bridgehead atoms. The molecule has 0 aliphatic rings. The molecular formula is C23H31N3O6. The number of carbonyl (C=O) groups is 3. The number of amides is 3. The predicted molar refractivity (Wildman–Crippen MR) is 122 cm³/mol. The van der Waals surface area contributed by atoms with Crippen LogP contribution in [0.15, 0.2) is 16.6 Å². The molecule has 2 rings (SSSR count). The molecule has 0 fully saturated rings. The Morgan fingerprint density at radius 3 is 2.53 bits per heavy atom. The van der Waals surface area contributed by atoms with Gasteiger partial charge in [0.25, 0.3) is 0 Å². The summed E-state index contributed by atoms with van der Waals surface area (Å²) in [4.78, 5) is 34.8. The van der Waals surface area contributed by atoms with Gasteiger partial charge in [0, 0.05) is 29.1 Å². The number of primary amides is 1. The lowest BCUT2D eigenvalue weighted by Gasteiger charge is -2.16. The standard InChI is InChI=1S/C23H31N3O6/c1-6-31-20-14(4)21-17(13(3)15(5)32-21)11-16(20)12(2)10-19(27)26-18(22(28)29)8-7-9-25-23(24)30/h10-11,18H,6-9H2,1-5H3,(H,26,27)(H,28,29)(H3,24,25,30)/b12-10+. The van der Waals surface area contributed by atoms with E-state index in [1.54, 1.807) is 6.92 Å². The summed E-state index contributed by atoms with van der Waals surface area (Å²) in [5, 5.41) is 15.2. The summed E-state index contributed by atoms with van der Waals surface area (Å²) in [5.41, 5.74) is 8.97. The van der Waals surface area contributed by atoms with Gasteiger partial charge in [-0.05, 0) is 64.7 Å². The number of carboxylic acids is 1. The van der Waals surface area contributed by atoms with Crippen molar-refractivity contribution in [2.24, 2.45) is 5.73 Å². The fourth-order valence-electron chi connectivity index (χ4n) is 3.50. The zero-order chi connectivity index (χ0) is 24.0. The number of allylic oxidation sites excluding steroid dienone is 1. The zero-order valence-electron chi connectivity index (χ0n) is 19.1. The molecule has 0 aliphatic carbocycles. The Balaban J connectivity index is 2.29. The molecule has 1 aromatic heterocycles. The lowest BCUT2D eigenvalue weighted by Crippen LogP contribution is -2.40. The molecule has 0 aliphatic heterocycles. The molecule has 1 aromatic carbocycles. The topological polar surface area (TPSA) is 144 Å². The lowest BCUT2D eigenvalue weighted by molar-refractivity contribution is -0.141. The molecule has 5 N–H and O–H groups in total. The molecule has 1 unspecified atom stereocenters. The molecule has 1 heterocycles. The van der Waals surface area contributed by atoms with Crippen molar-refractivity contribution in [3.05, 3.63) is 34.6 Å². The quantitative estimate of drug-likeness (QED) is 0.327. The maximum absolute atomic E-state index is 12.6. The predicted octanol–water partition coefficient (Wildman–Crippen LogP) is 3.18. The number of rotatable bonds is 10. The average molecular weight is 446 g/mol. The normalized spacial score (nSPS) is 12.5. The molecule has 32 heavy (non-hydrogen) atoms. The summed E-state index contributed by atoms with van der Waals surface area (Å²) in [6.07, 6.45) is 1.87. The second-order valence-corrected chi connectivity index (χ2v) is 7.63. The molecule has 9 heteroatoms. The largest absolute Gasteiger partial charge is 0.493 e. The number of aryl methyl sites for hydroxylation is 3. The second kappa shape index (κ2) is 10.7. The van der Waals surface area contributed by atoms with E-state index in [0.29, 0.717) is 24.4 Å². The minimum absolute atomic E-state index is 0.150. The number of urea groups is 1. The molecule has 2 aromatic rings. The molecule has 0 radical (unpaired) electrons. The van der Waals surface area contributed by atoms with Gasteiger partial charge in [0.1, 0.15) is 23.1 Å². The van der Waals surface area contributed by atoms with Gasteiger partial charge < -0.3 is 30.6 Å². The summed E-state index contributed by atoms with van der Waals surface area (Å²) in [6.45, 7) is 10.1. The Hall–Kier alpha value is -3.49. The van der Waals surface area contributed by atoms with Crippen LogP contribution in [0, 0.1) is 20.8 Å². The number of nitrogens with one attached hydrogen (secondary N) is 2. The van der Waals surface area contributed by atoms with E-state index in [1.807, 2.05) is 33.8 Å². The van der Waals surface area contributed by atoms with Crippen LogP contribution >= 0.6 is 0 Å². The van der Waals surface area contributed by atoms with E-state index in [2.05, 4.69) is 10.6 Å². The van der Waals surface area contributed by atoms with Crippen LogP contribution in [0.3, 0.4) is 0 Å². The first-order valence-corrected chi connectivity index (χ1v) is 10.5. The van der Waals surface area contributed by atoms with Gasteiger partial charge in [-0.15, -0.1) is 0 Å². The fourth-order valence-corrected chi connectivity index (χ4v) is 3.50. The zero-order valence-corrected chi connectivity index (χ0v) is 19.1. The SMILES string of the molecule is CCOc1c(/C(C)=C/C(=O)NC(CCCNC(N)=O)C(=O)O)cc2c(C)c(C)oc2c1C. The number of fused-ring (bicyclic) bond motifs is 1. The molecular weight excluding hydrogens is 414 g/mol. The van der Waals surface area contributed by atoms with Gasteiger partial charge in [0.05, 0.1) is 6.61 Å². The maximum atomic E-state index is 12.6. The Bertz CT molecular complexity index is 1050. The number of carbonyl (C=O) groups excluding carboxylic acids is 2. The van der Waals surface area contributed by atoms with Crippen LogP contribution < -0.4 is 21.1 Å². The number of hydrogen-bond donors (Lipinski definition) is 4. The molecule has 0 spiro atoms. The molecule has 3 amide bonds. The van der Waals surface area contributed by atoms with E-state index in [0.717, 1.165) is 33.4 Å². The number of nitrogens with two attached hydrogens (primary N) is 1. The molecule has 0 saturated carbocycles. The summed E-state index contributed by atoms with van der Waals surface area (Å²) < 4.78 is 11.8. The Kier molecular flexibility index (Phi) is 8.28. The Labute approximate surface area is 187 Å². The van der Waals surface area contributed by atoms with E-state index in [4.69, 9.17) is 14.9 Å². The highest BCUT2D eigenvalue weighted by Gasteiger charge is 2.21. The fraction of sp³-hybridized carbons (Fsp3) is 0.435. The maximum Gasteiger partial charge on any atom is 0.326 e. The van der Waals surface area contributed by atoms with Crippen molar-refractivity contribution in [1.29, 1.82) is 0 Å². The number of furan rings is 1. The van der Waals surface area contributed by atoms with Gasteiger partial charge in [-0.2, -0.15) is 0 Å². The highest BCUT2D eigenvalue weighted by atomic mass is 16.5. The highest BCUT2D eigenvalue weighted by Crippen LogP contribution is 2.38. The van der Waals surface area contributed by atoms with Gasteiger partial charge in [0.2, 0.25) is 5.91 Å². The average Bonchev–Trinajstić information content (AvgIpc) is 3.00. The highest BCUT2D eigenvalue weighted by molar-refractivity contribution is 5.99. The van der Waals surface area contributed by atoms with Crippen molar-refractivity contribution in [3.8, 4) is 5.75 Å². The van der Waals surface area contributed by atoms with Gasteiger partial charge in [-0.3, -0.25) is 4.79 Å². The number of ether oxygens (including phenoxy) is 1. The molecule has 1 atom stereocenters. The van der Waals surface area contributed by atoms with Crippen LogP contribution in [0.1, 0.15) is 49.1 Å². The van der Waals surface area contributed by atoms with E-state index in [-0.39, 0.29) is 13.0 Å². The van der Waals surface area contributed by atoms with Crippen LogP contribution in [0.25, 0.3) is 16.5 Å². The third kappa shape index (κ3) is 5.81. The van der Waals surface area contributed by atoms with E-state index >= 15 is 0 Å². The number of benzene rings is 1. The second-order valence-electron chi connectivity index (χ2n) is 7.63. The first-order valence-electron chi connectivity index (χ1n) is 10.5. The summed E-state index contributed by atoms with van der Waals surface area (Å²) in [7, 11) is 0. The minimum Gasteiger partial charge on any atom is -0.493 e. The van der Waals surface area contributed by atoms with Crippen LogP contribution in [0.5, 0.6) is 5.75 Å². The van der Waals surface area contributed by atoms with Crippen molar-refractivity contribution < 1.29 is 28.6 Å². The van der Waals surface area contributed by atoms with Crippen molar-refractivity contribution in [2.75, 3.05) is 13.2 Å². The third-order valence-corrected chi connectivity index (χ3v) is 5.29. The Morgan fingerprint density at radius 1 is 1.25 bits per heavy atom. The number of hydrogen-bond acceptors (Lipinski definition) is 5. The monoisotopic (exact) mass is 445 g/mol. The van der Waals surface area contributed by atoms with Crippen molar-refractivity contribution >= 4 is 34.4 Å². The number of aliphatic carboxylic acids is 1. The molecule has 0 saturated heterocycles. The van der Waals surface area contributed by atoms with Gasteiger partial charge in [0.15, 0.2) is 0 Å². The third-order valence-electron chi connectivity index (χ3n) is 5.29. The minimum atomic E-state index is -1.15. The smallest absolute Gasteiger partial charge is 0.326 e. The first-order chi connectivity index (χ1) is 15.1. The lowest BCUT2D eigenvalue weighted by atomic mass is 9.98. The van der Waals surface area contributed by atoms with Crippen LogP contribution in [-0.4, -0.2) is 42.2 Å². The molecule has 174 valence electrons. The van der Waals surface area contributed by atoms with E-state index in [9.17, 15) is 19.5 Å². The first kappa shape index (κ1) is 24.8.